The number of hydrogen-bond acceptors (Lipinski definition) is 2. The summed E-state index contributed by atoms with van der Waals surface area (Å²) in [6.07, 6.45) is 2.51. The predicted molar refractivity (Wildman–Crippen MR) is 79.0 cm³/mol. The minimum absolute atomic E-state index is 0.606. The largest absolute Gasteiger partial charge is 0.231 e. The van der Waals surface area contributed by atoms with Crippen LogP contribution in [0.2, 0.25) is 0 Å². The van der Waals surface area contributed by atoms with Crippen molar-refractivity contribution < 1.29 is 7.54 Å². The second kappa shape index (κ2) is 8.02. The number of aryl methyl sites for hydroxylation is 2. The van der Waals surface area contributed by atoms with Gasteiger partial charge >= 0.3 is 0 Å². The first-order valence-corrected chi connectivity index (χ1v) is 6.30. The van der Waals surface area contributed by atoms with Crippen LogP contribution >= 0.6 is 0 Å². The Morgan fingerprint density at radius 1 is 1.05 bits per heavy atom. The average Bonchev–Trinajstić information content (AvgIpc) is 2.49. The number of carbonyl (C=O) groups excluding carboxylic acids is 1. The Morgan fingerprint density at radius 3 is 1.74 bits per heavy atom. The molecule has 0 aliphatic heterocycles. The van der Waals surface area contributed by atoms with Crippen molar-refractivity contribution in [3.63, 3.8) is 0 Å². The fraction of sp³-hybridized carbons (Fsp3) is 0.235. The van der Waals surface area contributed by atoms with E-state index in [4.69, 9.17) is 12.9 Å². The number of nitrogens with one attached hydrogen (secondary N) is 1. The van der Waals surface area contributed by atoms with Gasteiger partial charge < -0.3 is 0 Å². The van der Waals surface area contributed by atoms with Crippen LogP contribution in [0.15, 0.2) is 48.5 Å². The summed E-state index contributed by atoms with van der Waals surface area (Å²) in [5.41, 5.74) is 4.41. The van der Waals surface area contributed by atoms with E-state index in [9.17, 15) is 0 Å². The van der Waals surface area contributed by atoms with Crippen molar-refractivity contribution in [2.24, 2.45) is 0 Å². The van der Waals surface area contributed by atoms with Crippen LogP contribution in [-0.4, -0.2) is 6.08 Å². The Labute approximate surface area is 117 Å². The van der Waals surface area contributed by atoms with Gasteiger partial charge in [-0.15, -0.1) is 0 Å². The van der Waals surface area contributed by atoms with Gasteiger partial charge in [-0.3, -0.25) is 0 Å². The molecule has 0 fully saturated rings. The molecule has 0 amide bonds. The van der Waals surface area contributed by atoms with Crippen LogP contribution in [0.3, 0.4) is 0 Å². The first kappa shape index (κ1) is 11.9. The monoisotopic (exact) mass is 255 g/mol. The standard InChI is InChI=1S/C16H18.CHNO/c1-3-13-7-5-9-15(11-13)16-10-6-8-14(4-2)12-16;2-1-3/h5-12H,3-4H2,1-2H3;2H/i7D,8D;. The molecule has 0 saturated heterocycles. The third-order valence-corrected chi connectivity index (χ3v) is 2.82. The van der Waals surface area contributed by atoms with Crippen LogP contribution < -0.4 is 0 Å². The lowest BCUT2D eigenvalue weighted by Crippen LogP contribution is -1.85. The summed E-state index contributed by atoms with van der Waals surface area (Å²) in [6, 6.07) is 13.1. The first-order chi connectivity index (χ1) is 10.1. The molecule has 0 heterocycles. The van der Waals surface area contributed by atoms with Gasteiger partial charge in [0.05, 0.1) is 2.74 Å². The van der Waals surface area contributed by atoms with E-state index in [0.717, 1.165) is 41.2 Å². The van der Waals surface area contributed by atoms with Gasteiger partial charge in [0.25, 0.3) is 0 Å². The average molecular weight is 255 g/mol. The quantitative estimate of drug-likeness (QED) is 0.641. The molecule has 0 radical (unpaired) electrons. The van der Waals surface area contributed by atoms with Crippen molar-refractivity contribution in [2.45, 2.75) is 26.7 Å². The summed E-state index contributed by atoms with van der Waals surface area (Å²) in [4.78, 5) is 8.35. The van der Waals surface area contributed by atoms with Crippen molar-refractivity contribution in [1.82, 2.24) is 0 Å². The minimum Gasteiger partial charge on any atom is -0.222 e. The van der Waals surface area contributed by atoms with E-state index in [1.165, 1.54) is 0 Å². The normalized spacial score (nSPS) is 10.6. The molecule has 0 aliphatic rings. The van der Waals surface area contributed by atoms with Crippen LogP contribution in [0.5, 0.6) is 0 Å². The number of isocyanates is 1. The summed E-state index contributed by atoms with van der Waals surface area (Å²) in [7, 11) is 0. The van der Waals surface area contributed by atoms with E-state index >= 15 is 0 Å². The summed E-state index contributed by atoms with van der Waals surface area (Å²) >= 11 is 0. The van der Waals surface area contributed by atoms with Gasteiger partial charge in [0.1, 0.15) is 0 Å². The molecule has 0 saturated carbocycles. The highest BCUT2D eigenvalue weighted by atomic mass is 16.1. The molecule has 0 aromatic heterocycles. The minimum atomic E-state index is 0.606. The molecule has 98 valence electrons. The zero-order valence-electron chi connectivity index (χ0n) is 13.3. The van der Waals surface area contributed by atoms with E-state index in [0.29, 0.717) is 12.1 Å². The van der Waals surface area contributed by atoms with Gasteiger partial charge in [0, 0.05) is 0 Å². The summed E-state index contributed by atoms with van der Waals surface area (Å²) < 4.78 is 15.6. The Balaban J connectivity index is 0.000000677. The highest BCUT2D eigenvalue weighted by Gasteiger charge is 1.99. The highest BCUT2D eigenvalue weighted by Crippen LogP contribution is 2.22. The van der Waals surface area contributed by atoms with Crippen molar-refractivity contribution in [3.05, 3.63) is 59.6 Å². The molecular formula is C17H19NO. The predicted octanol–water partition coefficient (Wildman–Crippen LogP) is 4.38. The third kappa shape index (κ3) is 4.53. The molecule has 0 bridgehead atoms. The second-order valence-electron chi connectivity index (χ2n) is 4.01. The number of rotatable bonds is 3. The fourth-order valence-electron chi connectivity index (χ4n) is 1.80. The first-order valence-electron chi connectivity index (χ1n) is 7.30. The highest BCUT2D eigenvalue weighted by molar-refractivity contribution is 5.64. The van der Waals surface area contributed by atoms with Gasteiger partial charge in [0.15, 0.2) is 0 Å². The number of hydrogen-bond donors (Lipinski definition) is 1. The molecule has 0 unspecified atom stereocenters. The van der Waals surface area contributed by atoms with Crippen molar-refractivity contribution in [2.75, 3.05) is 0 Å². The lowest BCUT2D eigenvalue weighted by atomic mass is 10.00. The molecule has 2 aromatic rings. The molecule has 0 aliphatic carbocycles. The van der Waals surface area contributed by atoms with Crippen LogP contribution in [0.1, 0.15) is 27.7 Å². The molecule has 0 atom stereocenters. The summed E-state index contributed by atoms with van der Waals surface area (Å²) in [5, 5.41) is 5.40. The van der Waals surface area contributed by atoms with Crippen LogP contribution in [0.4, 0.5) is 0 Å². The maximum absolute atomic E-state index is 8.35. The van der Waals surface area contributed by atoms with Crippen molar-refractivity contribution in [1.29, 1.82) is 5.41 Å². The van der Waals surface area contributed by atoms with E-state index < -0.39 is 0 Å². The van der Waals surface area contributed by atoms with E-state index in [1.807, 2.05) is 24.3 Å². The van der Waals surface area contributed by atoms with Crippen molar-refractivity contribution >= 4 is 6.08 Å². The molecule has 19 heavy (non-hydrogen) atoms. The fourth-order valence-corrected chi connectivity index (χ4v) is 1.80. The maximum Gasteiger partial charge on any atom is 0.231 e. The molecule has 2 nitrogen and oxygen atoms in total. The molecule has 0 spiro atoms. The van der Waals surface area contributed by atoms with Crippen molar-refractivity contribution in [3.8, 4) is 11.1 Å². The number of benzene rings is 2. The lowest BCUT2D eigenvalue weighted by Gasteiger charge is -2.05. The van der Waals surface area contributed by atoms with E-state index in [1.54, 1.807) is 0 Å². The Hall–Kier alpha value is -2.18. The van der Waals surface area contributed by atoms with Crippen LogP contribution in [0.25, 0.3) is 11.1 Å². The van der Waals surface area contributed by atoms with Crippen LogP contribution in [-0.2, 0) is 17.6 Å². The molecule has 1 N–H and O–H groups in total. The molecule has 2 aromatic carbocycles. The second-order valence-corrected chi connectivity index (χ2v) is 4.01. The SMILES string of the molecule is N=C=O.[2H]c1ccc(-c2ccc([2H])c(CC)c2)cc1CC. The van der Waals surface area contributed by atoms with Gasteiger partial charge in [-0.25, -0.2) is 10.2 Å². The Morgan fingerprint density at radius 2 is 1.42 bits per heavy atom. The Kier molecular flexibility index (Phi) is 5.01. The topological polar surface area (TPSA) is 40.9 Å². The maximum atomic E-state index is 8.35. The smallest absolute Gasteiger partial charge is 0.222 e. The van der Waals surface area contributed by atoms with E-state index in [-0.39, 0.29) is 0 Å². The lowest BCUT2D eigenvalue weighted by molar-refractivity contribution is 0.563. The summed E-state index contributed by atoms with van der Waals surface area (Å²) in [5.74, 6) is 0. The van der Waals surface area contributed by atoms with Gasteiger partial charge in [-0.05, 0) is 35.1 Å². The molecule has 2 heteroatoms. The molecular weight excluding hydrogens is 234 g/mol. The zero-order valence-corrected chi connectivity index (χ0v) is 11.3. The van der Waals surface area contributed by atoms with Gasteiger partial charge in [-0.1, -0.05) is 62.3 Å². The Bertz CT molecular complexity index is 596. The zero-order chi connectivity index (χ0) is 15.8. The van der Waals surface area contributed by atoms with Gasteiger partial charge in [-0.2, -0.15) is 0 Å². The van der Waals surface area contributed by atoms with Crippen LogP contribution in [0, 0.1) is 5.41 Å². The summed E-state index contributed by atoms with van der Waals surface area (Å²) in [6.45, 7) is 4.14. The molecule has 2 rings (SSSR count). The van der Waals surface area contributed by atoms with E-state index in [2.05, 4.69) is 26.0 Å². The van der Waals surface area contributed by atoms with Gasteiger partial charge in [0.2, 0.25) is 6.08 Å². The third-order valence-electron chi connectivity index (χ3n) is 2.82.